The quantitative estimate of drug-likeness (QED) is 0.180. The number of fused-ring (bicyclic) bond motifs is 3. The summed E-state index contributed by atoms with van der Waals surface area (Å²) in [4.78, 5) is 10.4. The second kappa shape index (κ2) is 12.7. The lowest BCUT2D eigenvalue weighted by molar-refractivity contribution is 1.05. The maximum Gasteiger partial charge on any atom is 0.162 e. The molecule has 0 amide bonds. The van der Waals surface area contributed by atoms with Gasteiger partial charge < -0.3 is 0 Å². The van der Waals surface area contributed by atoms with Crippen molar-refractivity contribution in [1.82, 2.24) is 14.5 Å². The van der Waals surface area contributed by atoms with Gasteiger partial charge in [-0.2, -0.15) is 5.26 Å². The fourth-order valence-electron chi connectivity index (χ4n) is 6.87. The number of aromatic nitrogens is 3. The molecule has 51 heavy (non-hydrogen) atoms. The topological polar surface area (TPSA) is 54.5 Å². The zero-order chi connectivity index (χ0) is 34.1. The molecule has 0 saturated heterocycles. The second-order valence-electron chi connectivity index (χ2n) is 12.6. The summed E-state index contributed by atoms with van der Waals surface area (Å²) in [6.45, 7) is 0. The Kier molecular flexibility index (Phi) is 7.50. The first kappa shape index (κ1) is 30.0. The van der Waals surface area contributed by atoms with Gasteiger partial charge in [-0.3, -0.25) is 4.57 Å². The van der Waals surface area contributed by atoms with Crippen LogP contribution in [-0.4, -0.2) is 14.5 Å². The zero-order valence-corrected chi connectivity index (χ0v) is 27.6. The first-order valence-corrected chi connectivity index (χ1v) is 17.0. The van der Waals surface area contributed by atoms with Gasteiger partial charge in [0.2, 0.25) is 0 Å². The van der Waals surface area contributed by atoms with E-state index in [1.807, 2.05) is 42.5 Å². The average Bonchev–Trinajstić information content (AvgIpc) is 3.55. The molecule has 0 saturated carbocycles. The van der Waals surface area contributed by atoms with E-state index in [1.54, 1.807) is 0 Å². The van der Waals surface area contributed by atoms with Gasteiger partial charge in [0.05, 0.1) is 28.4 Å². The van der Waals surface area contributed by atoms with Crippen LogP contribution in [0.5, 0.6) is 0 Å². The minimum absolute atomic E-state index is 0.645. The molecule has 0 radical (unpaired) electrons. The summed E-state index contributed by atoms with van der Waals surface area (Å²) < 4.78 is 2.27. The minimum atomic E-state index is 0.645. The first-order valence-electron chi connectivity index (χ1n) is 17.0. The van der Waals surface area contributed by atoms with Crippen molar-refractivity contribution < 1.29 is 0 Å². The van der Waals surface area contributed by atoms with Crippen LogP contribution in [0, 0.1) is 11.3 Å². The molecule has 0 aliphatic rings. The van der Waals surface area contributed by atoms with Crippen LogP contribution in [-0.2, 0) is 0 Å². The molecule has 2 aromatic heterocycles. The molecule has 0 N–H and O–H groups in total. The second-order valence-corrected chi connectivity index (χ2v) is 12.6. The first-order chi connectivity index (χ1) is 25.2. The highest BCUT2D eigenvalue weighted by molar-refractivity contribution is 6.11. The maximum absolute atomic E-state index is 9.23. The van der Waals surface area contributed by atoms with Crippen molar-refractivity contribution in [3.05, 3.63) is 188 Å². The van der Waals surface area contributed by atoms with Gasteiger partial charge >= 0.3 is 0 Å². The van der Waals surface area contributed by atoms with E-state index in [0.717, 1.165) is 55.6 Å². The van der Waals surface area contributed by atoms with Crippen LogP contribution in [0.3, 0.4) is 0 Å². The molecule has 0 aliphatic heterocycles. The fraction of sp³-hybridized carbons (Fsp3) is 0. The predicted molar refractivity (Wildman–Crippen MR) is 208 cm³/mol. The molecule has 0 unspecified atom stereocenters. The Morgan fingerprint density at radius 2 is 0.824 bits per heavy atom. The maximum atomic E-state index is 9.23. The lowest BCUT2D eigenvalue weighted by atomic mass is 10.0. The van der Waals surface area contributed by atoms with Gasteiger partial charge in [-0.1, -0.05) is 140 Å². The van der Waals surface area contributed by atoms with Gasteiger partial charge in [0.1, 0.15) is 5.82 Å². The predicted octanol–water partition coefficient (Wildman–Crippen LogP) is 11.8. The summed E-state index contributed by atoms with van der Waals surface area (Å²) >= 11 is 0. The summed E-state index contributed by atoms with van der Waals surface area (Å²) in [6, 6.07) is 65.1. The molecular weight excluding hydrogens is 621 g/mol. The molecule has 9 rings (SSSR count). The minimum Gasteiger partial charge on any atom is -0.294 e. The van der Waals surface area contributed by atoms with E-state index < -0.39 is 0 Å². The van der Waals surface area contributed by atoms with Crippen LogP contribution in [0.2, 0.25) is 0 Å². The van der Waals surface area contributed by atoms with Crippen LogP contribution in [0.15, 0.2) is 182 Å². The summed E-state index contributed by atoms with van der Waals surface area (Å²) in [6.07, 6.45) is 0. The standard InChI is InChI=1S/C47H30N4/c48-31-32-16-18-35(19-17-32)36-20-22-38(23-21-36)47-49-43(37-14-8-3-9-15-37)30-46(50-47)51-44-26-24-39(33-10-4-1-5-11-33)28-41(44)42-29-40(25-27-45(42)51)34-12-6-2-7-13-34/h1-30H. The van der Waals surface area contributed by atoms with E-state index in [0.29, 0.717) is 11.4 Å². The molecule has 0 aliphatic carbocycles. The third kappa shape index (κ3) is 5.63. The van der Waals surface area contributed by atoms with Crippen molar-refractivity contribution in [2.75, 3.05) is 0 Å². The Hall–Kier alpha value is -7.09. The lowest BCUT2D eigenvalue weighted by Gasteiger charge is -2.13. The average molecular weight is 651 g/mol. The van der Waals surface area contributed by atoms with E-state index in [-0.39, 0.29) is 0 Å². The van der Waals surface area contributed by atoms with Crippen molar-refractivity contribution in [2.24, 2.45) is 0 Å². The molecule has 4 heteroatoms. The highest BCUT2D eigenvalue weighted by Gasteiger charge is 2.18. The van der Waals surface area contributed by atoms with Crippen LogP contribution in [0.25, 0.3) is 83.6 Å². The largest absolute Gasteiger partial charge is 0.294 e. The van der Waals surface area contributed by atoms with Gasteiger partial charge in [-0.25, -0.2) is 9.97 Å². The zero-order valence-electron chi connectivity index (χ0n) is 27.6. The number of nitriles is 1. The van der Waals surface area contributed by atoms with Crippen LogP contribution in [0.4, 0.5) is 0 Å². The normalized spacial score (nSPS) is 11.1. The van der Waals surface area contributed by atoms with Gasteiger partial charge in [-0.15, -0.1) is 0 Å². The Labute approximate surface area is 296 Å². The number of rotatable bonds is 6. The van der Waals surface area contributed by atoms with E-state index in [2.05, 4.69) is 150 Å². The Bertz CT molecular complexity index is 2610. The van der Waals surface area contributed by atoms with Gasteiger partial charge in [-0.05, 0) is 69.8 Å². The SMILES string of the molecule is N#Cc1ccc(-c2ccc(-c3nc(-c4ccccc4)cc(-n4c5ccc(-c6ccccc6)cc5c5cc(-c6ccccc6)ccc54)n3)cc2)cc1. The highest BCUT2D eigenvalue weighted by Crippen LogP contribution is 2.38. The molecule has 4 nitrogen and oxygen atoms in total. The van der Waals surface area contributed by atoms with Crippen molar-refractivity contribution in [3.63, 3.8) is 0 Å². The Balaban J connectivity index is 1.25. The highest BCUT2D eigenvalue weighted by atomic mass is 15.1. The van der Waals surface area contributed by atoms with Crippen molar-refractivity contribution >= 4 is 21.8 Å². The molecule has 0 fully saturated rings. The third-order valence-electron chi connectivity index (χ3n) is 9.48. The summed E-state index contributed by atoms with van der Waals surface area (Å²) in [5.41, 5.74) is 12.4. The Morgan fingerprint density at radius 3 is 1.33 bits per heavy atom. The molecule has 238 valence electrons. The van der Waals surface area contributed by atoms with Crippen LogP contribution < -0.4 is 0 Å². The molecule has 0 bridgehead atoms. The molecular formula is C47H30N4. The van der Waals surface area contributed by atoms with E-state index >= 15 is 0 Å². The fourth-order valence-corrected chi connectivity index (χ4v) is 6.87. The monoisotopic (exact) mass is 650 g/mol. The van der Waals surface area contributed by atoms with Gasteiger partial charge in [0, 0.05) is 28.0 Å². The number of hydrogen-bond acceptors (Lipinski definition) is 3. The van der Waals surface area contributed by atoms with E-state index in [1.165, 1.54) is 22.3 Å². The lowest BCUT2D eigenvalue weighted by Crippen LogP contribution is -2.02. The van der Waals surface area contributed by atoms with E-state index in [4.69, 9.17) is 9.97 Å². The molecule has 2 heterocycles. The van der Waals surface area contributed by atoms with Crippen LogP contribution >= 0.6 is 0 Å². The van der Waals surface area contributed by atoms with Crippen molar-refractivity contribution in [1.29, 1.82) is 5.26 Å². The summed E-state index contributed by atoms with van der Waals surface area (Å²) in [5, 5.41) is 11.6. The summed E-state index contributed by atoms with van der Waals surface area (Å²) in [5.74, 6) is 1.45. The Morgan fingerprint density at radius 1 is 0.392 bits per heavy atom. The van der Waals surface area contributed by atoms with Crippen LogP contribution in [0.1, 0.15) is 5.56 Å². The number of hydrogen-bond donors (Lipinski definition) is 0. The number of nitrogens with zero attached hydrogens (tertiary/aromatic N) is 4. The molecule has 0 atom stereocenters. The van der Waals surface area contributed by atoms with Crippen molar-refractivity contribution in [3.8, 4) is 67.9 Å². The molecule has 0 spiro atoms. The summed E-state index contributed by atoms with van der Waals surface area (Å²) in [7, 11) is 0. The molecule has 9 aromatic rings. The van der Waals surface area contributed by atoms with Gasteiger partial charge in [0.25, 0.3) is 0 Å². The third-order valence-corrected chi connectivity index (χ3v) is 9.48. The van der Waals surface area contributed by atoms with E-state index in [9.17, 15) is 5.26 Å². The van der Waals surface area contributed by atoms with Crippen molar-refractivity contribution in [2.45, 2.75) is 0 Å². The number of benzene rings is 7. The smallest absolute Gasteiger partial charge is 0.162 e. The van der Waals surface area contributed by atoms with Gasteiger partial charge in [0.15, 0.2) is 5.82 Å². The molecule has 7 aromatic carbocycles.